The molecule has 7 nitrogen and oxygen atoms in total. The Morgan fingerprint density at radius 1 is 1.26 bits per heavy atom. The van der Waals surface area contributed by atoms with E-state index in [1.54, 1.807) is 29.4 Å². The molecular weight excluding hydrogens is 342 g/mol. The molecular formula is C20H21N5O2. The predicted octanol–water partition coefficient (Wildman–Crippen LogP) is 3.36. The van der Waals surface area contributed by atoms with Crippen LogP contribution in [-0.4, -0.2) is 44.1 Å². The number of aromatic nitrogens is 4. The zero-order valence-corrected chi connectivity index (χ0v) is 15.4. The van der Waals surface area contributed by atoms with Gasteiger partial charge in [-0.1, -0.05) is 42.5 Å². The summed E-state index contributed by atoms with van der Waals surface area (Å²) >= 11 is 0. The molecule has 2 aromatic heterocycles. The number of carbonyl (C=O) groups is 1. The number of benzene rings is 1. The number of hydrogen-bond acceptors (Lipinski definition) is 5. The molecule has 0 atom stereocenters. The van der Waals surface area contributed by atoms with Crippen molar-refractivity contribution in [1.82, 2.24) is 25.1 Å². The maximum atomic E-state index is 13.3. The van der Waals surface area contributed by atoms with Crippen molar-refractivity contribution in [2.24, 2.45) is 0 Å². The van der Waals surface area contributed by atoms with E-state index < -0.39 is 0 Å². The first-order valence-corrected chi connectivity index (χ1v) is 8.63. The van der Waals surface area contributed by atoms with Crippen LogP contribution in [-0.2, 0) is 4.79 Å². The van der Waals surface area contributed by atoms with E-state index in [4.69, 9.17) is 4.42 Å². The van der Waals surface area contributed by atoms with Gasteiger partial charge < -0.3 is 9.32 Å². The van der Waals surface area contributed by atoms with Gasteiger partial charge in [0.2, 0.25) is 0 Å². The highest BCUT2D eigenvalue weighted by Gasteiger charge is 2.23. The van der Waals surface area contributed by atoms with Crippen molar-refractivity contribution in [3.63, 3.8) is 0 Å². The molecule has 0 radical (unpaired) electrons. The molecule has 1 aromatic carbocycles. The van der Waals surface area contributed by atoms with E-state index in [9.17, 15) is 4.79 Å². The van der Waals surface area contributed by atoms with Gasteiger partial charge in [0.25, 0.3) is 5.91 Å². The molecule has 0 aliphatic rings. The highest BCUT2D eigenvalue weighted by Crippen LogP contribution is 2.22. The van der Waals surface area contributed by atoms with Gasteiger partial charge in [-0.25, -0.2) is 0 Å². The number of likely N-dealkylation sites (N-methyl/N-ethyl adjacent to an activating group) is 1. The topological polar surface area (TPSA) is 77.0 Å². The molecule has 138 valence electrons. The van der Waals surface area contributed by atoms with Gasteiger partial charge in [0.05, 0.1) is 6.26 Å². The molecule has 27 heavy (non-hydrogen) atoms. The molecule has 0 aliphatic carbocycles. The largest absolute Gasteiger partial charge is 0.465 e. The van der Waals surface area contributed by atoms with Crippen LogP contribution >= 0.6 is 0 Å². The van der Waals surface area contributed by atoms with Crippen molar-refractivity contribution in [1.29, 1.82) is 0 Å². The minimum absolute atomic E-state index is 0.207. The van der Waals surface area contributed by atoms with Crippen LogP contribution in [0.15, 0.2) is 65.3 Å². The molecule has 7 heteroatoms. The Labute approximate surface area is 157 Å². The molecule has 0 unspecified atom stereocenters. The third kappa shape index (κ3) is 4.20. The van der Waals surface area contributed by atoms with Gasteiger partial charge in [-0.2, -0.15) is 4.68 Å². The summed E-state index contributed by atoms with van der Waals surface area (Å²) in [7, 11) is 0. The SMILES string of the molecule is C=C(C)CN(CC)C(=O)/C(=C/c1ccco1)n1nnnc1-c1ccccc1. The third-order valence-corrected chi connectivity index (χ3v) is 3.90. The summed E-state index contributed by atoms with van der Waals surface area (Å²) in [6.45, 7) is 8.70. The van der Waals surface area contributed by atoms with E-state index in [1.165, 1.54) is 4.68 Å². The predicted molar refractivity (Wildman–Crippen MR) is 103 cm³/mol. The summed E-state index contributed by atoms with van der Waals surface area (Å²) in [5.41, 5.74) is 2.00. The molecule has 0 saturated carbocycles. The molecule has 0 bridgehead atoms. The van der Waals surface area contributed by atoms with Gasteiger partial charge in [0.15, 0.2) is 5.82 Å². The fourth-order valence-electron chi connectivity index (χ4n) is 2.65. The fourth-order valence-corrected chi connectivity index (χ4v) is 2.65. The highest BCUT2D eigenvalue weighted by molar-refractivity contribution is 6.18. The quantitative estimate of drug-likeness (QED) is 0.475. The van der Waals surface area contributed by atoms with Crippen molar-refractivity contribution in [3.8, 4) is 11.4 Å². The minimum atomic E-state index is -0.207. The molecule has 0 spiro atoms. The number of hydrogen-bond donors (Lipinski definition) is 0. The summed E-state index contributed by atoms with van der Waals surface area (Å²) in [5.74, 6) is 0.814. The van der Waals surface area contributed by atoms with Crippen molar-refractivity contribution in [3.05, 3.63) is 66.6 Å². The van der Waals surface area contributed by atoms with E-state index in [2.05, 4.69) is 22.1 Å². The van der Waals surface area contributed by atoms with Crippen LogP contribution in [0, 0.1) is 0 Å². The number of carbonyl (C=O) groups excluding carboxylic acids is 1. The zero-order valence-electron chi connectivity index (χ0n) is 15.4. The smallest absolute Gasteiger partial charge is 0.273 e. The lowest BCUT2D eigenvalue weighted by molar-refractivity contribution is -0.124. The maximum absolute atomic E-state index is 13.3. The van der Waals surface area contributed by atoms with Crippen molar-refractivity contribution < 1.29 is 9.21 Å². The Bertz CT molecular complexity index is 942. The van der Waals surface area contributed by atoms with Gasteiger partial charge >= 0.3 is 0 Å². The Morgan fingerprint density at radius 3 is 2.67 bits per heavy atom. The summed E-state index contributed by atoms with van der Waals surface area (Å²) < 4.78 is 6.85. The van der Waals surface area contributed by atoms with E-state index in [1.807, 2.05) is 44.2 Å². The second-order valence-electron chi connectivity index (χ2n) is 6.10. The standard InChI is InChI=1S/C20H21N5O2/c1-4-24(14-15(2)3)20(26)18(13-17-11-8-12-27-17)25-19(21-22-23-25)16-9-6-5-7-10-16/h5-13H,2,4,14H2,1,3H3/b18-13-. The van der Waals surface area contributed by atoms with Gasteiger partial charge in [0.1, 0.15) is 11.5 Å². The first-order chi connectivity index (χ1) is 13.1. The van der Waals surface area contributed by atoms with Gasteiger partial charge in [-0.15, -0.1) is 5.10 Å². The van der Waals surface area contributed by atoms with Crippen LogP contribution in [0.5, 0.6) is 0 Å². The maximum Gasteiger partial charge on any atom is 0.273 e. The number of amides is 1. The second-order valence-corrected chi connectivity index (χ2v) is 6.10. The summed E-state index contributed by atoms with van der Waals surface area (Å²) in [4.78, 5) is 15.0. The second kappa shape index (κ2) is 8.27. The minimum Gasteiger partial charge on any atom is -0.465 e. The van der Waals surface area contributed by atoms with Crippen LogP contribution in [0.4, 0.5) is 0 Å². The number of furan rings is 1. The van der Waals surface area contributed by atoms with Crippen molar-refractivity contribution >= 4 is 17.7 Å². The van der Waals surface area contributed by atoms with E-state index in [0.717, 1.165) is 11.1 Å². The normalized spacial score (nSPS) is 11.4. The highest BCUT2D eigenvalue weighted by atomic mass is 16.3. The van der Waals surface area contributed by atoms with Gasteiger partial charge in [-0.3, -0.25) is 4.79 Å². The summed E-state index contributed by atoms with van der Waals surface area (Å²) in [6, 6.07) is 13.0. The van der Waals surface area contributed by atoms with Gasteiger partial charge in [0, 0.05) is 24.7 Å². The Balaban J connectivity index is 2.09. The Kier molecular flexibility index (Phi) is 5.61. The average Bonchev–Trinajstić information content (AvgIpc) is 3.36. The molecule has 3 rings (SSSR count). The van der Waals surface area contributed by atoms with Crippen LogP contribution in [0.2, 0.25) is 0 Å². The monoisotopic (exact) mass is 363 g/mol. The average molecular weight is 363 g/mol. The van der Waals surface area contributed by atoms with Crippen LogP contribution in [0.25, 0.3) is 23.2 Å². The van der Waals surface area contributed by atoms with Crippen LogP contribution < -0.4 is 0 Å². The first kappa shape index (κ1) is 18.3. The number of rotatable bonds is 7. The lowest BCUT2D eigenvalue weighted by Crippen LogP contribution is -2.34. The molecule has 3 aromatic rings. The summed E-state index contributed by atoms with van der Waals surface area (Å²) in [5, 5.41) is 12.0. The molecule has 0 aliphatic heterocycles. The molecule has 2 heterocycles. The van der Waals surface area contributed by atoms with Gasteiger partial charge in [-0.05, 0) is 36.4 Å². The Hall–Kier alpha value is -3.48. The molecule has 1 amide bonds. The third-order valence-electron chi connectivity index (χ3n) is 3.90. The number of tetrazole rings is 1. The molecule has 0 fully saturated rings. The summed E-state index contributed by atoms with van der Waals surface area (Å²) in [6.07, 6.45) is 3.20. The first-order valence-electron chi connectivity index (χ1n) is 8.63. The fraction of sp³-hybridized carbons (Fsp3) is 0.200. The molecule has 0 saturated heterocycles. The van der Waals surface area contributed by atoms with E-state index >= 15 is 0 Å². The number of nitrogens with zero attached hydrogens (tertiary/aromatic N) is 5. The van der Waals surface area contributed by atoms with Crippen molar-refractivity contribution in [2.45, 2.75) is 13.8 Å². The van der Waals surface area contributed by atoms with E-state index in [-0.39, 0.29) is 5.91 Å². The Morgan fingerprint density at radius 2 is 2.04 bits per heavy atom. The van der Waals surface area contributed by atoms with Crippen LogP contribution in [0.3, 0.4) is 0 Å². The van der Waals surface area contributed by atoms with Crippen LogP contribution in [0.1, 0.15) is 19.6 Å². The lowest BCUT2D eigenvalue weighted by atomic mass is 10.2. The zero-order chi connectivity index (χ0) is 19.2. The lowest BCUT2D eigenvalue weighted by Gasteiger charge is -2.22. The van der Waals surface area contributed by atoms with E-state index in [0.29, 0.717) is 30.4 Å². The van der Waals surface area contributed by atoms with Crippen molar-refractivity contribution in [2.75, 3.05) is 13.1 Å². The molecule has 0 N–H and O–H groups in total.